The van der Waals surface area contributed by atoms with Crippen molar-refractivity contribution in [3.8, 4) is 0 Å². The van der Waals surface area contributed by atoms with Crippen LogP contribution in [0.5, 0.6) is 0 Å². The summed E-state index contributed by atoms with van der Waals surface area (Å²) < 4.78 is 0. The molecule has 0 aromatic heterocycles. The highest BCUT2D eigenvalue weighted by molar-refractivity contribution is 5.80. The third kappa shape index (κ3) is 51.4. The van der Waals surface area contributed by atoms with Crippen molar-refractivity contribution in [2.45, 2.75) is 359 Å². The number of hydrogen-bond donors (Lipinski definition) is 5. The Bertz CT molecular complexity index is 1110. The molecule has 6 heteroatoms. The number of amides is 1. The Kier molecular flexibility index (Phi) is 57.2. The summed E-state index contributed by atoms with van der Waals surface area (Å²) >= 11 is 0. The zero-order valence-corrected chi connectivity index (χ0v) is 47.0. The molecule has 1 amide bonds. The highest BCUT2D eigenvalue weighted by atomic mass is 16.3. The van der Waals surface area contributed by atoms with Crippen molar-refractivity contribution in [3.63, 3.8) is 0 Å². The normalized spacial score (nSPS) is 13.9. The molecule has 5 N–H and O–H groups in total. The van der Waals surface area contributed by atoms with Crippen LogP contribution in [0.2, 0.25) is 0 Å². The van der Waals surface area contributed by atoms with Crippen LogP contribution in [-0.2, 0) is 4.79 Å². The monoisotopic (exact) mass is 986 g/mol. The Morgan fingerprint density at radius 1 is 0.343 bits per heavy atom. The number of carbonyl (C=O) groups excluding carboxylic acids is 1. The number of unbranched alkanes of at least 4 members (excludes halogenated alkanes) is 43. The lowest BCUT2D eigenvalue weighted by molar-refractivity contribution is -0.132. The lowest BCUT2D eigenvalue weighted by atomic mass is 10.00. The van der Waals surface area contributed by atoms with Gasteiger partial charge < -0.3 is 25.7 Å². The van der Waals surface area contributed by atoms with Crippen LogP contribution in [0, 0.1) is 0 Å². The maximum Gasteiger partial charge on any atom is 0.249 e. The maximum absolute atomic E-state index is 12.6. The molecule has 0 saturated heterocycles. The summed E-state index contributed by atoms with van der Waals surface area (Å²) in [4.78, 5) is 12.6. The summed E-state index contributed by atoms with van der Waals surface area (Å²) in [5.41, 5.74) is 0. The summed E-state index contributed by atoms with van der Waals surface area (Å²) in [5, 5.41) is 43.9. The van der Waals surface area contributed by atoms with E-state index in [2.05, 4.69) is 55.6 Å². The predicted molar refractivity (Wildman–Crippen MR) is 307 cm³/mol. The number of aliphatic hydroxyl groups excluding tert-OH is 4. The third-order valence-corrected chi connectivity index (χ3v) is 14.8. The number of carbonyl (C=O) groups is 1. The van der Waals surface area contributed by atoms with Crippen molar-refractivity contribution in [2.24, 2.45) is 0 Å². The molecule has 0 aromatic rings. The molecule has 0 aliphatic heterocycles. The molecule has 0 aliphatic carbocycles. The molecule has 4 unspecified atom stereocenters. The van der Waals surface area contributed by atoms with E-state index in [1.165, 1.54) is 263 Å². The van der Waals surface area contributed by atoms with E-state index in [4.69, 9.17) is 0 Å². The molecule has 4 atom stereocenters. The molecular weight excluding hydrogens is 863 g/mol. The molecular formula is C64H123NO5. The predicted octanol–water partition coefficient (Wildman–Crippen LogP) is 18.8. The lowest BCUT2D eigenvalue weighted by Gasteiger charge is -2.27. The number of hydrogen-bond acceptors (Lipinski definition) is 5. The Hall–Kier alpha value is -1.47. The van der Waals surface area contributed by atoms with Crippen LogP contribution < -0.4 is 5.32 Å². The quantitative estimate of drug-likeness (QED) is 0.0308. The highest BCUT2D eigenvalue weighted by Gasteiger charge is 2.28. The molecule has 0 bridgehead atoms. The Balaban J connectivity index is 3.54. The molecule has 0 aromatic carbocycles. The van der Waals surface area contributed by atoms with Gasteiger partial charge in [0.1, 0.15) is 12.2 Å². The zero-order chi connectivity index (χ0) is 50.9. The van der Waals surface area contributed by atoms with Gasteiger partial charge in [0.25, 0.3) is 0 Å². The molecule has 70 heavy (non-hydrogen) atoms. The first-order chi connectivity index (χ1) is 34.5. The standard InChI is InChI=1S/C64H123NO5/c1-3-5-7-9-11-13-15-17-19-21-22-23-24-25-26-27-28-29-30-31-32-33-34-35-36-37-38-39-40-41-42-44-46-48-50-52-54-56-58-62(68)64(70)65-60(59-66)63(69)61(67)57-55-53-51-49-47-45-43-20-18-16-14-12-10-8-6-4-2/h20,31-32,43,49,51,60-63,66-69H,3-19,21-30,33-42,44-48,50,52-59H2,1-2H3,(H,65,70)/b32-31-,43-20+,51-49+. The first-order valence-electron chi connectivity index (χ1n) is 31.4. The minimum atomic E-state index is -1.29. The van der Waals surface area contributed by atoms with Gasteiger partial charge in [-0.3, -0.25) is 4.79 Å². The number of rotatable bonds is 58. The van der Waals surface area contributed by atoms with E-state index in [1.807, 2.05) is 0 Å². The lowest BCUT2D eigenvalue weighted by Crippen LogP contribution is -2.53. The fourth-order valence-corrected chi connectivity index (χ4v) is 9.89. The first kappa shape index (κ1) is 68.5. The van der Waals surface area contributed by atoms with E-state index in [1.54, 1.807) is 0 Å². The van der Waals surface area contributed by atoms with Crippen LogP contribution in [0.3, 0.4) is 0 Å². The topological polar surface area (TPSA) is 110 Å². The van der Waals surface area contributed by atoms with Gasteiger partial charge in [-0.1, -0.05) is 294 Å². The molecule has 0 radical (unpaired) electrons. The number of aliphatic hydroxyl groups is 4. The molecule has 0 rings (SSSR count). The van der Waals surface area contributed by atoms with Crippen LogP contribution in [-0.4, -0.2) is 57.3 Å². The second kappa shape index (κ2) is 58.4. The van der Waals surface area contributed by atoms with Crippen LogP contribution in [0.4, 0.5) is 0 Å². The van der Waals surface area contributed by atoms with Gasteiger partial charge in [0.05, 0.1) is 18.8 Å². The van der Waals surface area contributed by atoms with Crippen molar-refractivity contribution < 1.29 is 25.2 Å². The third-order valence-electron chi connectivity index (χ3n) is 14.8. The molecule has 414 valence electrons. The van der Waals surface area contributed by atoms with Gasteiger partial charge in [-0.15, -0.1) is 0 Å². The number of nitrogens with one attached hydrogen (secondary N) is 1. The summed E-state index contributed by atoms with van der Waals surface area (Å²) in [6, 6.07) is -1.01. The van der Waals surface area contributed by atoms with Crippen molar-refractivity contribution in [1.82, 2.24) is 5.32 Å². The summed E-state index contributed by atoms with van der Waals surface area (Å²) in [6.45, 7) is 4.06. The van der Waals surface area contributed by atoms with E-state index in [9.17, 15) is 25.2 Å². The van der Waals surface area contributed by atoms with Gasteiger partial charge in [0, 0.05) is 0 Å². The molecule has 6 nitrogen and oxygen atoms in total. The van der Waals surface area contributed by atoms with E-state index >= 15 is 0 Å². The SMILES string of the molecule is CCCCCCCCC/C=C/CC/C=C/CCCC(O)C(O)C(CO)NC(=O)C(O)CCCCCCCCCCCCCCCCCC/C=C\CCCCCCCCCCCCCCCCCCCC. The van der Waals surface area contributed by atoms with Crippen LogP contribution in [0.1, 0.15) is 335 Å². The smallest absolute Gasteiger partial charge is 0.249 e. The molecule has 0 fully saturated rings. The van der Waals surface area contributed by atoms with Crippen molar-refractivity contribution in [3.05, 3.63) is 36.5 Å². The Labute approximate surface area is 437 Å². The van der Waals surface area contributed by atoms with Crippen LogP contribution >= 0.6 is 0 Å². The van der Waals surface area contributed by atoms with Gasteiger partial charge in [-0.25, -0.2) is 0 Å². The van der Waals surface area contributed by atoms with Crippen molar-refractivity contribution >= 4 is 5.91 Å². The second-order valence-electron chi connectivity index (χ2n) is 21.7. The van der Waals surface area contributed by atoms with Gasteiger partial charge in [-0.2, -0.15) is 0 Å². The van der Waals surface area contributed by atoms with Gasteiger partial charge in [0.2, 0.25) is 5.91 Å². The van der Waals surface area contributed by atoms with Gasteiger partial charge in [-0.05, 0) is 77.0 Å². The molecule has 0 saturated carbocycles. The second-order valence-corrected chi connectivity index (χ2v) is 21.7. The van der Waals surface area contributed by atoms with Crippen LogP contribution in [0.15, 0.2) is 36.5 Å². The molecule has 0 spiro atoms. The van der Waals surface area contributed by atoms with E-state index < -0.39 is 36.9 Å². The summed E-state index contributed by atoms with van der Waals surface area (Å²) in [7, 11) is 0. The Morgan fingerprint density at radius 2 is 0.600 bits per heavy atom. The van der Waals surface area contributed by atoms with E-state index in [0.717, 1.165) is 38.5 Å². The molecule has 0 aliphatic rings. The zero-order valence-electron chi connectivity index (χ0n) is 47.0. The summed E-state index contributed by atoms with van der Waals surface area (Å²) in [5.74, 6) is -0.594. The fraction of sp³-hybridized carbons (Fsp3) is 0.891. The first-order valence-corrected chi connectivity index (χ1v) is 31.4. The van der Waals surface area contributed by atoms with Gasteiger partial charge in [0.15, 0.2) is 0 Å². The minimum absolute atomic E-state index is 0.362. The average Bonchev–Trinajstić information content (AvgIpc) is 3.36. The Morgan fingerprint density at radius 3 is 0.900 bits per heavy atom. The largest absolute Gasteiger partial charge is 0.394 e. The van der Waals surface area contributed by atoms with E-state index in [0.29, 0.717) is 19.3 Å². The van der Waals surface area contributed by atoms with Crippen molar-refractivity contribution in [2.75, 3.05) is 6.61 Å². The van der Waals surface area contributed by atoms with Gasteiger partial charge >= 0.3 is 0 Å². The van der Waals surface area contributed by atoms with Crippen molar-refractivity contribution in [1.29, 1.82) is 0 Å². The molecule has 0 heterocycles. The van der Waals surface area contributed by atoms with Crippen LogP contribution in [0.25, 0.3) is 0 Å². The maximum atomic E-state index is 12.6. The number of allylic oxidation sites excluding steroid dienone is 6. The van der Waals surface area contributed by atoms with E-state index in [-0.39, 0.29) is 0 Å². The highest BCUT2D eigenvalue weighted by Crippen LogP contribution is 2.18. The summed E-state index contributed by atoms with van der Waals surface area (Å²) in [6.07, 6.45) is 74.0. The minimum Gasteiger partial charge on any atom is -0.394 e. The average molecular weight is 987 g/mol. The fourth-order valence-electron chi connectivity index (χ4n) is 9.89.